The number of nitrogens with zero attached hydrogens (tertiary/aromatic N) is 2. The van der Waals surface area contributed by atoms with Gasteiger partial charge < -0.3 is 9.47 Å². The third-order valence-electron chi connectivity index (χ3n) is 5.00. The van der Waals surface area contributed by atoms with Crippen molar-refractivity contribution in [2.75, 3.05) is 33.4 Å². The first-order chi connectivity index (χ1) is 10.2. The monoisotopic (exact) mass is 310 g/mol. The van der Waals surface area contributed by atoms with E-state index in [1.54, 1.807) is 18.4 Å². The second kappa shape index (κ2) is 6.73. The molecule has 0 aliphatic carbocycles. The van der Waals surface area contributed by atoms with Crippen LogP contribution in [0.1, 0.15) is 36.4 Å². The molecule has 5 heteroatoms. The van der Waals surface area contributed by atoms with E-state index in [-0.39, 0.29) is 5.60 Å². The summed E-state index contributed by atoms with van der Waals surface area (Å²) in [5.74, 6) is 0.682. The molecule has 2 saturated heterocycles. The van der Waals surface area contributed by atoms with Crippen LogP contribution >= 0.6 is 11.3 Å². The maximum Gasteiger partial charge on any atom is 0.107 e. The summed E-state index contributed by atoms with van der Waals surface area (Å²) in [7, 11) is 1.79. The van der Waals surface area contributed by atoms with Crippen LogP contribution in [-0.2, 0) is 16.0 Å². The third kappa shape index (κ3) is 3.47. The van der Waals surface area contributed by atoms with Crippen LogP contribution in [0.15, 0.2) is 5.38 Å². The second-order valence-electron chi connectivity index (χ2n) is 6.34. The predicted octanol–water partition coefficient (Wildman–Crippen LogP) is 2.86. The van der Waals surface area contributed by atoms with Crippen molar-refractivity contribution in [3.05, 3.63) is 16.1 Å². The Morgan fingerprint density at radius 3 is 2.95 bits per heavy atom. The zero-order valence-electron chi connectivity index (χ0n) is 13.1. The molecule has 0 aromatic carbocycles. The Bertz CT molecular complexity index is 455. The topological polar surface area (TPSA) is 34.6 Å². The van der Waals surface area contributed by atoms with Gasteiger partial charge in [0.25, 0.3) is 0 Å². The van der Waals surface area contributed by atoms with Crippen LogP contribution in [0.3, 0.4) is 0 Å². The van der Waals surface area contributed by atoms with E-state index in [1.807, 2.05) is 0 Å². The second-order valence-corrected chi connectivity index (χ2v) is 7.28. The van der Waals surface area contributed by atoms with Crippen molar-refractivity contribution < 1.29 is 9.47 Å². The fourth-order valence-electron chi connectivity index (χ4n) is 3.76. The van der Waals surface area contributed by atoms with Crippen LogP contribution in [0.5, 0.6) is 0 Å². The summed E-state index contributed by atoms with van der Waals surface area (Å²) in [6.07, 6.45) is 4.66. The number of methoxy groups -OCH3 is 1. The summed E-state index contributed by atoms with van der Waals surface area (Å²) in [6.45, 7) is 7.11. The first kappa shape index (κ1) is 15.4. The van der Waals surface area contributed by atoms with Gasteiger partial charge in [0, 0.05) is 44.5 Å². The van der Waals surface area contributed by atoms with Crippen molar-refractivity contribution in [1.82, 2.24) is 9.88 Å². The summed E-state index contributed by atoms with van der Waals surface area (Å²) in [5.41, 5.74) is 1.27. The van der Waals surface area contributed by atoms with Crippen LogP contribution in [0.4, 0.5) is 0 Å². The highest BCUT2D eigenvalue weighted by molar-refractivity contribution is 7.09. The molecule has 0 radical (unpaired) electrons. The van der Waals surface area contributed by atoms with Crippen molar-refractivity contribution in [1.29, 1.82) is 0 Å². The first-order valence-corrected chi connectivity index (χ1v) is 8.86. The van der Waals surface area contributed by atoms with Crippen LogP contribution < -0.4 is 0 Å². The fraction of sp³-hybridized carbons (Fsp3) is 0.812. The van der Waals surface area contributed by atoms with Crippen molar-refractivity contribution in [3.8, 4) is 0 Å². The zero-order chi connectivity index (χ0) is 14.7. The van der Waals surface area contributed by atoms with Crippen molar-refractivity contribution >= 4 is 11.3 Å². The molecule has 1 aromatic rings. The molecule has 1 atom stereocenters. The van der Waals surface area contributed by atoms with E-state index in [1.165, 1.54) is 11.4 Å². The highest BCUT2D eigenvalue weighted by Crippen LogP contribution is 2.42. The minimum atomic E-state index is 0.133. The largest absolute Gasteiger partial charge is 0.385 e. The van der Waals surface area contributed by atoms with Crippen LogP contribution in [0.25, 0.3) is 0 Å². The first-order valence-electron chi connectivity index (χ1n) is 7.98. The Balaban J connectivity index is 1.54. The number of hydrogen-bond donors (Lipinski definition) is 0. The molecule has 4 nitrogen and oxygen atoms in total. The fourth-order valence-corrected chi connectivity index (χ4v) is 4.57. The molecule has 118 valence electrons. The van der Waals surface area contributed by atoms with Gasteiger partial charge in [-0.15, -0.1) is 11.3 Å². The van der Waals surface area contributed by atoms with Crippen molar-refractivity contribution in [2.24, 2.45) is 5.92 Å². The summed E-state index contributed by atoms with van der Waals surface area (Å²) in [6, 6.07) is 0. The van der Waals surface area contributed by atoms with E-state index < -0.39 is 0 Å². The van der Waals surface area contributed by atoms with Gasteiger partial charge in [-0.1, -0.05) is 0 Å². The van der Waals surface area contributed by atoms with Crippen molar-refractivity contribution in [2.45, 2.75) is 44.8 Å². The lowest BCUT2D eigenvalue weighted by atomic mass is 9.78. The molecule has 2 fully saturated rings. The SMILES string of the molecule is COCCC1CCOC12CCN(Cc1nc(C)cs1)CC2. The molecule has 1 unspecified atom stereocenters. The molecule has 3 heterocycles. The quantitative estimate of drug-likeness (QED) is 0.837. The smallest absolute Gasteiger partial charge is 0.107 e. The summed E-state index contributed by atoms with van der Waals surface area (Å²) in [4.78, 5) is 7.10. The summed E-state index contributed by atoms with van der Waals surface area (Å²) in [5, 5.41) is 3.38. The van der Waals surface area contributed by atoms with E-state index in [4.69, 9.17) is 9.47 Å². The van der Waals surface area contributed by atoms with Gasteiger partial charge in [-0.25, -0.2) is 4.98 Å². The van der Waals surface area contributed by atoms with Gasteiger partial charge in [0.2, 0.25) is 0 Å². The van der Waals surface area contributed by atoms with Gasteiger partial charge in [-0.3, -0.25) is 4.90 Å². The summed E-state index contributed by atoms with van der Waals surface area (Å²) < 4.78 is 11.5. The number of thiazole rings is 1. The van der Waals surface area contributed by atoms with E-state index in [9.17, 15) is 0 Å². The molecule has 0 N–H and O–H groups in total. The molecule has 1 aromatic heterocycles. The molecule has 3 rings (SSSR count). The molecular formula is C16H26N2O2S. The van der Waals surface area contributed by atoms with Crippen LogP contribution in [0, 0.1) is 12.8 Å². The number of ether oxygens (including phenoxy) is 2. The Labute approximate surface area is 131 Å². The van der Waals surface area contributed by atoms with E-state index in [2.05, 4.69) is 22.2 Å². The van der Waals surface area contributed by atoms with Gasteiger partial charge >= 0.3 is 0 Å². The molecule has 21 heavy (non-hydrogen) atoms. The van der Waals surface area contributed by atoms with Crippen LogP contribution in [0.2, 0.25) is 0 Å². The van der Waals surface area contributed by atoms with Gasteiger partial charge in [-0.2, -0.15) is 0 Å². The van der Waals surface area contributed by atoms with Gasteiger partial charge in [-0.05, 0) is 38.5 Å². The lowest BCUT2D eigenvalue weighted by Gasteiger charge is -2.42. The average Bonchev–Trinajstić information content (AvgIpc) is 3.06. The molecule has 2 aliphatic heterocycles. The maximum atomic E-state index is 6.20. The zero-order valence-corrected chi connectivity index (χ0v) is 14.0. The minimum absolute atomic E-state index is 0.133. The minimum Gasteiger partial charge on any atom is -0.385 e. The van der Waals surface area contributed by atoms with E-state index in [0.29, 0.717) is 5.92 Å². The lowest BCUT2D eigenvalue weighted by Crippen LogP contribution is -2.47. The van der Waals surface area contributed by atoms with E-state index in [0.717, 1.165) is 57.8 Å². The molecule has 0 amide bonds. The lowest BCUT2D eigenvalue weighted by molar-refractivity contribution is -0.0721. The number of aromatic nitrogens is 1. The Morgan fingerprint density at radius 1 is 1.48 bits per heavy atom. The molecule has 0 saturated carbocycles. The summed E-state index contributed by atoms with van der Waals surface area (Å²) >= 11 is 1.78. The Morgan fingerprint density at radius 2 is 2.29 bits per heavy atom. The number of hydrogen-bond acceptors (Lipinski definition) is 5. The molecule has 2 aliphatic rings. The van der Waals surface area contributed by atoms with Gasteiger partial charge in [0.15, 0.2) is 0 Å². The highest BCUT2D eigenvalue weighted by atomic mass is 32.1. The van der Waals surface area contributed by atoms with Crippen LogP contribution in [-0.4, -0.2) is 48.9 Å². The number of rotatable bonds is 5. The standard InChI is InChI=1S/C16H26N2O2S/c1-13-12-21-15(17-13)11-18-7-5-16(6-8-18)14(3-9-19-2)4-10-20-16/h12,14H,3-11H2,1-2H3. The normalized spacial score (nSPS) is 25.7. The maximum absolute atomic E-state index is 6.20. The van der Waals surface area contributed by atoms with Gasteiger partial charge in [0.05, 0.1) is 12.1 Å². The average molecular weight is 310 g/mol. The molecule has 1 spiro atoms. The number of likely N-dealkylation sites (tertiary alicyclic amines) is 1. The Hall–Kier alpha value is -0.490. The molecule has 0 bridgehead atoms. The number of aryl methyl sites for hydroxylation is 1. The van der Waals surface area contributed by atoms with Gasteiger partial charge in [0.1, 0.15) is 5.01 Å². The van der Waals surface area contributed by atoms with E-state index >= 15 is 0 Å². The number of piperidine rings is 1. The third-order valence-corrected chi connectivity index (χ3v) is 5.95. The van der Waals surface area contributed by atoms with Crippen molar-refractivity contribution in [3.63, 3.8) is 0 Å². The predicted molar refractivity (Wildman–Crippen MR) is 84.6 cm³/mol. The molecular weight excluding hydrogens is 284 g/mol. The highest BCUT2D eigenvalue weighted by Gasteiger charge is 2.45. The Kier molecular flexibility index (Phi) is 4.94.